The number of benzene rings is 1. The molecule has 3 aromatic rings. The van der Waals surface area contributed by atoms with E-state index in [9.17, 15) is 4.39 Å². The Balaban J connectivity index is 0.829. The number of rotatable bonds is 9. The number of hydrogen-bond donors (Lipinski definition) is 0. The van der Waals surface area contributed by atoms with Gasteiger partial charge in [0.2, 0.25) is 0 Å². The number of pyridine rings is 1. The van der Waals surface area contributed by atoms with Gasteiger partial charge in [0, 0.05) is 75.2 Å². The molecule has 3 saturated heterocycles. The van der Waals surface area contributed by atoms with Gasteiger partial charge in [0.15, 0.2) is 5.82 Å². The zero-order valence-electron chi connectivity index (χ0n) is 25.4. The lowest BCUT2D eigenvalue weighted by atomic mass is 9.61. The molecule has 4 fully saturated rings. The number of hydrogen-bond acceptors (Lipinski definition) is 10. The van der Waals surface area contributed by atoms with E-state index in [0.29, 0.717) is 23.0 Å². The molecule has 11 heteroatoms. The molecule has 2 aromatic heterocycles. The van der Waals surface area contributed by atoms with Gasteiger partial charge < -0.3 is 19.1 Å². The second kappa shape index (κ2) is 11.2. The zero-order chi connectivity index (χ0) is 29.7. The van der Waals surface area contributed by atoms with Crippen LogP contribution in [0.1, 0.15) is 48.9 Å². The summed E-state index contributed by atoms with van der Waals surface area (Å²) in [5.41, 5.74) is 3.56. The van der Waals surface area contributed by atoms with Crippen molar-refractivity contribution in [1.29, 1.82) is 0 Å². The van der Waals surface area contributed by atoms with E-state index in [2.05, 4.69) is 35.9 Å². The van der Waals surface area contributed by atoms with Crippen LogP contribution in [0.5, 0.6) is 17.4 Å². The van der Waals surface area contributed by atoms with Crippen LogP contribution in [0.4, 0.5) is 10.2 Å². The number of aromatic nitrogens is 4. The predicted molar refractivity (Wildman–Crippen MR) is 162 cm³/mol. The van der Waals surface area contributed by atoms with E-state index >= 15 is 0 Å². The summed E-state index contributed by atoms with van der Waals surface area (Å²) in [4.78, 5) is 16.5. The highest BCUT2D eigenvalue weighted by molar-refractivity contribution is 5.53. The maximum Gasteiger partial charge on any atom is 0.282 e. The molecule has 4 aliphatic heterocycles. The van der Waals surface area contributed by atoms with Gasteiger partial charge in [0.25, 0.3) is 5.88 Å². The molecule has 0 bridgehead atoms. The Morgan fingerprint density at radius 1 is 1.05 bits per heavy atom. The Morgan fingerprint density at radius 2 is 1.91 bits per heavy atom. The lowest BCUT2D eigenvalue weighted by Crippen LogP contribution is -2.65. The molecule has 1 saturated carbocycles. The van der Waals surface area contributed by atoms with Gasteiger partial charge in [-0.3, -0.25) is 14.8 Å². The first kappa shape index (κ1) is 28.1. The summed E-state index contributed by atoms with van der Waals surface area (Å²) >= 11 is 0. The van der Waals surface area contributed by atoms with Crippen LogP contribution in [0.3, 0.4) is 0 Å². The fourth-order valence-electron chi connectivity index (χ4n) is 7.93. The Morgan fingerprint density at radius 3 is 2.73 bits per heavy atom. The monoisotopic (exact) mass is 601 g/mol. The summed E-state index contributed by atoms with van der Waals surface area (Å²) in [6.07, 6.45) is 10.2. The number of halogens is 1. The van der Waals surface area contributed by atoms with Crippen molar-refractivity contribution in [3.8, 4) is 17.4 Å². The van der Waals surface area contributed by atoms with E-state index in [0.717, 1.165) is 84.0 Å². The highest BCUT2D eigenvalue weighted by Gasteiger charge is 2.54. The molecule has 5 aliphatic rings. The fraction of sp³-hybridized carbons (Fsp3) is 0.576. The Hall–Kier alpha value is -3.41. The number of nitrogens with zero attached hydrogens (tertiary/aromatic N) is 7. The number of likely N-dealkylation sites (tertiary alicyclic amines) is 1. The van der Waals surface area contributed by atoms with E-state index in [1.54, 1.807) is 13.0 Å². The van der Waals surface area contributed by atoms with Crippen LogP contribution in [-0.4, -0.2) is 94.1 Å². The molecule has 8 rings (SSSR count). The summed E-state index contributed by atoms with van der Waals surface area (Å²) in [6, 6.07) is 6.48. The quantitative estimate of drug-likeness (QED) is 0.356. The average Bonchev–Trinajstić information content (AvgIpc) is 3.46. The minimum atomic E-state index is -0.297. The molecule has 1 aliphatic carbocycles. The van der Waals surface area contributed by atoms with Gasteiger partial charge >= 0.3 is 0 Å². The highest BCUT2D eigenvalue weighted by Crippen LogP contribution is 2.52. The van der Waals surface area contributed by atoms with Crippen molar-refractivity contribution in [1.82, 2.24) is 30.0 Å². The van der Waals surface area contributed by atoms with E-state index in [-0.39, 0.29) is 22.9 Å². The number of ether oxygens (including phenoxy) is 3. The minimum absolute atomic E-state index is 0.189. The largest absolute Gasteiger partial charge is 0.490 e. The summed E-state index contributed by atoms with van der Waals surface area (Å²) in [7, 11) is 0. The van der Waals surface area contributed by atoms with Gasteiger partial charge in [0.1, 0.15) is 29.7 Å². The Labute approximate surface area is 257 Å². The van der Waals surface area contributed by atoms with Crippen LogP contribution < -0.4 is 14.4 Å². The van der Waals surface area contributed by atoms with Gasteiger partial charge in [-0.1, -0.05) is 0 Å². The Kier molecular flexibility index (Phi) is 7.14. The highest BCUT2D eigenvalue weighted by atomic mass is 19.1. The van der Waals surface area contributed by atoms with Crippen LogP contribution in [0, 0.1) is 18.2 Å². The molecular weight excluding hydrogens is 561 g/mol. The average molecular weight is 602 g/mol. The molecule has 0 amide bonds. The summed E-state index contributed by atoms with van der Waals surface area (Å²) in [5, 5.41) is 8.11. The molecule has 0 unspecified atom stereocenters. The number of anilines is 1. The minimum Gasteiger partial charge on any atom is -0.490 e. The van der Waals surface area contributed by atoms with E-state index in [1.165, 1.54) is 49.0 Å². The molecule has 0 atom stereocenters. The molecule has 10 nitrogen and oxygen atoms in total. The number of aryl methyl sites for hydroxylation is 1. The van der Waals surface area contributed by atoms with Crippen molar-refractivity contribution in [3.63, 3.8) is 0 Å². The van der Waals surface area contributed by atoms with E-state index in [4.69, 9.17) is 19.2 Å². The molecule has 0 radical (unpaired) electrons. The Bertz CT molecular complexity index is 1510. The topological polar surface area (TPSA) is 89.0 Å². The van der Waals surface area contributed by atoms with Crippen LogP contribution in [0.25, 0.3) is 0 Å². The normalized spacial score (nSPS) is 22.4. The molecule has 232 valence electrons. The predicted octanol–water partition coefficient (Wildman–Crippen LogP) is 4.17. The van der Waals surface area contributed by atoms with Crippen molar-refractivity contribution in [2.24, 2.45) is 5.41 Å². The summed E-state index contributed by atoms with van der Waals surface area (Å²) < 4.78 is 32.2. The molecule has 44 heavy (non-hydrogen) atoms. The molecule has 2 spiro atoms. The molecular formula is C33H40FN7O3. The molecule has 6 heterocycles. The van der Waals surface area contributed by atoms with Crippen LogP contribution in [0.2, 0.25) is 0 Å². The van der Waals surface area contributed by atoms with Gasteiger partial charge in [-0.2, -0.15) is 0 Å². The van der Waals surface area contributed by atoms with Crippen molar-refractivity contribution >= 4 is 5.82 Å². The standard InChI is InChI=1S/C33H40FN7O3/c1-23-14-24(34)4-5-28(23)44-31-30(36-22-37-38-31)41-18-32(19-41)15-25(16-32)43-29-6-9-35-27-7-12-39(17-26(27)29)10-3-11-40-20-33(21-40)8-2-13-42-33/h4-6,9,14,22,25H,2-3,7-8,10-13,15-21H2,1H3. The first-order valence-electron chi connectivity index (χ1n) is 16.0. The SMILES string of the molecule is Cc1cc(F)ccc1Oc1nncnc1N1CC2(CC(Oc3ccnc4c3CN(CCCN3CC5(CCCO5)C3)CC4)C2)C1. The number of fused-ring (bicyclic) bond motifs is 1. The van der Waals surface area contributed by atoms with Gasteiger partial charge in [0.05, 0.1) is 5.60 Å². The maximum atomic E-state index is 13.6. The molecule has 1 aromatic carbocycles. The maximum absolute atomic E-state index is 13.6. The first-order valence-corrected chi connectivity index (χ1v) is 16.0. The van der Waals surface area contributed by atoms with Crippen LogP contribution in [0.15, 0.2) is 36.8 Å². The first-order chi connectivity index (χ1) is 21.4. The van der Waals surface area contributed by atoms with E-state index in [1.807, 2.05) is 6.20 Å². The summed E-state index contributed by atoms with van der Waals surface area (Å²) in [6.45, 7) is 10.9. The summed E-state index contributed by atoms with van der Waals surface area (Å²) in [5.74, 6) is 2.26. The van der Waals surface area contributed by atoms with E-state index < -0.39 is 0 Å². The third kappa shape index (κ3) is 5.39. The van der Waals surface area contributed by atoms with Crippen molar-refractivity contribution in [2.75, 3.05) is 57.3 Å². The second-order valence-corrected chi connectivity index (χ2v) is 13.6. The zero-order valence-corrected chi connectivity index (χ0v) is 25.4. The third-order valence-electron chi connectivity index (χ3n) is 10.2. The third-order valence-corrected chi connectivity index (χ3v) is 10.2. The van der Waals surface area contributed by atoms with Crippen LogP contribution in [-0.2, 0) is 17.7 Å². The van der Waals surface area contributed by atoms with Crippen molar-refractivity contribution in [2.45, 2.75) is 63.7 Å². The molecule has 0 N–H and O–H groups in total. The van der Waals surface area contributed by atoms with Gasteiger partial charge in [-0.25, -0.2) is 9.37 Å². The fourth-order valence-corrected chi connectivity index (χ4v) is 7.93. The lowest BCUT2D eigenvalue weighted by molar-refractivity contribution is -0.111. The van der Waals surface area contributed by atoms with Gasteiger partial charge in [-0.05, 0) is 81.9 Å². The lowest BCUT2D eigenvalue weighted by Gasteiger charge is -2.58. The van der Waals surface area contributed by atoms with Crippen molar-refractivity contribution < 1.29 is 18.6 Å². The van der Waals surface area contributed by atoms with Crippen molar-refractivity contribution in [3.05, 3.63) is 59.4 Å². The van der Waals surface area contributed by atoms with Crippen LogP contribution >= 0.6 is 0 Å². The van der Waals surface area contributed by atoms with Gasteiger partial charge in [-0.15, -0.1) is 10.2 Å². The smallest absolute Gasteiger partial charge is 0.282 e. The second-order valence-electron chi connectivity index (χ2n) is 13.6.